The fraction of sp³-hybridized carbons (Fsp3) is 0.222. The van der Waals surface area contributed by atoms with E-state index in [4.69, 9.17) is 0 Å². The third kappa shape index (κ3) is 4.45. The van der Waals surface area contributed by atoms with E-state index in [9.17, 15) is 9.59 Å². The Morgan fingerprint density at radius 1 is 0.955 bits per heavy atom. The van der Waals surface area contributed by atoms with Crippen molar-refractivity contribution in [2.45, 2.75) is 19.4 Å². The molecule has 2 amide bonds. The Morgan fingerprint density at radius 3 is 2.14 bits per heavy atom. The third-order valence-corrected chi connectivity index (χ3v) is 3.31. The van der Waals surface area contributed by atoms with Crippen molar-refractivity contribution in [1.29, 1.82) is 0 Å². The van der Waals surface area contributed by atoms with Crippen LogP contribution in [0.15, 0.2) is 60.7 Å². The first kappa shape index (κ1) is 15.8. The Balaban J connectivity index is 2.14. The zero-order valence-electron chi connectivity index (χ0n) is 12.6. The molecule has 0 radical (unpaired) electrons. The van der Waals surface area contributed by atoms with E-state index in [0.717, 1.165) is 5.56 Å². The van der Waals surface area contributed by atoms with Crippen LogP contribution < -0.4 is 10.6 Å². The summed E-state index contributed by atoms with van der Waals surface area (Å²) in [5, 5.41) is 5.71. The molecule has 0 saturated heterocycles. The second-order valence-corrected chi connectivity index (χ2v) is 4.96. The summed E-state index contributed by atoms with van der Waals surface area (Å²) in [4.78, 5) is 24.2. The molecule has 0 aliphatic carbocycles. The van der Waals surface area contributed by atoms with Crippen molar-refractivity contribution in [3.63, 3.8) is 0 Å². The molecule has 0 aromatic heterocycles. The Hall–Kier alpha value is -2.62. The summed E-state index contributed by atoms with van der Waals surface area (Å²) in [6.07, 6.45) is 0.219. The normalized spacial score (nSPS) is 11.5. The molecule has 114 valence electrons. The van der Waals surface area contributed by atoms with Crippen LogP contribution >= 0.6 is 0 Å². The molecular weight excluding hydrogens is 276 g/mol. The van der Waals surface area contributed by atoms with Crippen LogP contribution in [0.25, 0.3) is 0 Å². The van der Waals surface area contributed by atoms with Gasteiger partial charge >= 0.3 is 0 Å². The third-order valence-electron chi connectivity index (χ3n) is 3.31. The second kappa shape index (κ2) is 7.98. The van der Waals surface area contributed by atoms with E-state index in [1.807, 2.05) is 55.5 Å². The summed E-state index contributed by atoms with van der Waals surface area (Å²) in [7, 11) is 0. The van der Waals surface area contributed by atoms with Crippen LogP contribution in [0, 0.1) is 0 Å². The summed E-state index contributed by atoms with van der Waals surface area (Å²) < 4.78 is 0. The average Bonchev–Trinajstić information content (AvgIpc) is 2.56. The molecule has 0 heterocycles. The van der Waals surface area contributed by atoms with Gasteiger partial charge in [-0.05, 0) is 24.6 Å². The lowest BCUT2D eigenvalue weighted by Crippen LogP contribution is -2.33. The van der Waals surface area contributed by atoms with Crippen molar-refractivity contribution in [1.82, 2.24) is 10.6 Å². The first-order chi connectivity index (χ1) is 10.7. The van der Waals surface area contributed by atoms with Gasteiger partial charge in [0.05, 0.1) is 12.5 Å². The minimum Gasteiger partial charge on any atom is -0.356 e. The number of carbonyl (C=O) groups excluding carboxylic acids is 2. The predicted octanol–water partition coefficient (Wildman–Crippen LogP) is 2.68. The number of carbonyl (C=O) groups is 2. The van der Waals surface area contributed by atoms with Crippen LogP contribution in [-0.4, -0.2) is 18.4 Å². The van der Waals surface area contributed by atoms with E-state index in [1.165, 1.54) is 0 Å². The van der Waals surface area contributed by atoms with E-state index in [0.29, 0.717) is 12.1 Å². The molecule has 2 rings (SSSR count). The molecule has 0 aliphatic heterocycles. The lowest BCUT2D eigenvalue weighted by atomic mass is 10.0. The standard InChI is InChI=1S/C18H20N2O2/c1-2-19-17(21)13-16(14-9-5-3-6-10-14)20-18(22)15-11-7-4-8-12-15/h3-12,16H,2,13H2,1H3,(H,19,21)(H,20,22)/t16-/m0/s1. The fourth-order valence-electron chi connectivity index (χ4n) is 2.22. The highest BCUT2D eigenvalue weighted by Gasteiger charge is 2.18. The molecule has 0 saturated carbocycles. The number of rotatable bonds is 6. The van der Waals surface area contributed by atoms with Gasteiger partial charge < -0.3 is 10.6 Å². The largest absolute Gasteiger partial charge is 0.356 e. The maximum absolute atomic E-state index is 12.3. The molecule has 4 nitrogen and oxygen atoms in total. The molecule has 4 heteroatoms. The van der Waals surface area contributed by atoms with Crippen LogP contribution in [0.5, 0.6) is 0 Å². The van der Waals surface area contributed by atoms with E-state index in [2.05, 4.69) is 10.6 Å². The molecule has 22 heavy (non-hydrogen) atoms. The van der Waals surface area contributed by atoms with Crippen molar-refractivity contribution in [3.05, 3.63) is 71.8 Å². The van der Waals surface area contributed by atoms with E-state index in [1.54, 1.807) is 12.1 Å². The monoisotopic (exact) mass is 296 g/mol. The Kier molecular flexibility index (Phi) is 5.72. The predicted molar refractivity (Wildman–Crippen MR) is 86.4 cm³/mol. The van der Waals surface area contributed by atoms with Crippen LogP contribution in [0.2, 0.25) is 0 Å². The highest BCUT2D eigenvalue weighted by molar-refractivity contribution is 5.94. The number of hydrogen-bond acceptors (Lipinski definition) is 2. The summed E-state index contributed by atoms with van der Waals surface area (Å²) in [5.41, 5.74) is 1.50. The molecule has 0 unspecified atom stereocenters. The van der Waals surface area contributed by atoms with E-state index >= 15 is 0 Å². The summed E-state index contributed by atoms with van der Waals surface area (Å²) in [5.74, 6) is -0.261. The van der Waals surface area contributed by atoms with Crippen molar-refractivity contribution < 1.29 is 9.59 Å². The molecule has 0 bridgehead atoms. The molecule has 0 spiro atoms. The van der Waals surface area contributed by atoms with Crippen LogP contribution in [0.4, 0.5) is 0 Å². The zero-order valence-corrected chi connectivity index (χ0v) is 12.6. The van der Waals surface area contributed by atoms with Gasteiger partial charge in [0.2, 0.25) is 5.91 Å². The summed E-state index contributed by atoms with van der Waals surface area (Å²) in [6.45, 7) is 2.45. The van der Waals surface area contributed by atoms with Gasteiger partial charge in [0.15, 0.2) is 0 Å². The Morgan fingerprint density at radius 2 is 1.55 bits per heavy atom. The van der Waals surface area contributed by atoms with Crippen LogP contribution in [0.3, 0.4) is 0 Å². The summed E-state index contributed by atoms with van der Waals surface area (Å²) >= 11 is 0. The summed E-state index contributed by atoms with van der Waals surface area (Å²) in [6, 6.07) is 18.2. The van der Waals surface area contributed by atoms with Gasteiger partial charge in [0.1, 0.15) is 0 Å². The highest BCUT2D eigenvalue weighted by atomic mass is 16.2. The van der Waals surface area contributed by atoms with Gasteiger partial charge in [-0.2, -0.15) is 0 Å². The van der Waals surface area contributed by atoms with E-state index < -0.39 is 0 Å². The number of hydrogen-bond donors (Lipinski definition) is 2. The van der Waals surface area contributed by atoms with Crippen LogP contribution in [-0.2, 0) is 4.79 Å². The highest BCUT2D eigenvalue weighted by Crippen LogP contribution is 2.17. The molecule has 1 atom stereocenters. The minimum absolute atomic E-state index is 0.0790. The quantitative estimate of drug-likeness (QED) is 0.861. The fourth-order valence-corrected chi connectivity index (χ4v) is 2.22. The zero-order chi connectivity index (χ0) is 15.8. The number of amides is 2. The molecule has 2 aromatic rings. The molecule has 2 N–H and O–H groups in total. The lowest BCUT2D eigenvalue weighted by Gasteiger charge is -2.19. The maximum atomic E-state index is 12.3. The van der Waals surface area contributed by atoms with Gasteiger partial charge in [-0.15, -0.1) is 0 Å². The maximum Gasteiger partial charge on any atom is 0.251 e. The average molecular weight is 296 g/mol. The van der Waals surface area contributed by atoms with Gasteiger partial charge in [0.25, 0.3) is 5.91 Å². The van der Waals surface area contributed by atoms with Crippen molar-refractivity contribution >= 4 is 11.8 Å². The van der Waals surface area contributed by atoms with Crippen molar-refractivity contribution in [3.8, 4) is 0 Å². The first-order valence-corrected chi connectivity index (χ1v) is 7.38. The van der Waals surface area contributed by atoms with Crippen molar-refractivity contribution in [2.75, 3.05) is 6.54 Å². The van der Waals surface area contributed by atoms with Gasteiger partial charge in [-0.1, -0.05) is 48.5 Å². The topological polar surface area (TPSA) is 58.2 Å². The Labute approximate surface area is 130 Å². The number of benzene rings is 2. The molecule has 0 aliphatic rings. The van der Waals surface area contributed by atoms with Gasteiger partial charge in [-0.25, -0.2) is 0 Å². The SMILES string of the molecule is CCNC(=O)C[C@H](NC(=O)c1ccccc1)c1ccccc1. The van der Waals surface area contributed by atoms with Gasteiger partial charge in [0, 0.05) is 12.1 Å². The molecular formula is C18H20N2O2. The molecule has 0 fully saturated rings. The van der Waals surface area contributed by atoms with Crippen LogP contribution in [0.1, 0.15) is 35.3 Å². The number of nitrogens with one attached hydrogen (secondary N) is 2. The smallest absolute Gasteiger partial charge is 0.251 e. The van der Waals surface area contributed by atoms with Crippen molar-refractivity contribution in [2.24, 2.45) is 0 Å². The Bertz CT molecular complexity index is 611. The lowest BCUT2D eigenvalue weighted by molar-refractivity contribution is -0.121. The molecule has 2 aromatic carbocycles. The minimum atomic E-state index is -0.347. The first-order valence-electron chi connectivity index (χ1n) is 7.38. The van der Waals surface area contributed by atoms with Gasteiger partial charge in [-0.3, -0.25) is 9.59 Å². The van der Waals surface area contributed by atoms with E-state index in [-0.39, 0.29) is 24.3 Å². The second-order valence-electron chi connectivity index (χ2n) is 4.96.